The number of allylic oxidation sites excluding steroid dienone is 1. The van der Waals surface area contributed by atoms with Gasteiger partial charge < -0.3 is 15.4 Å². The molecular formula is C25H21N7O4. The lowest BCUT2D eigenvalue weighted by molar-refractivity contribution is -0.384. The summed E-state index contributed by atoms with van der Waals surface area (Å²) >= 11 is 0. The number of nitrogens with one attached hydrogen (secondary N) is 2. The summed E-state index contributed by atoms with van der Waals surface area (Å²) in [5.74, 6) is 1.14. The molecule has 11 heteroatoms. The molecule has 0 radical (unpaired) electrons. The first kappa shape index (κ1) is 22.7. The van der Waals surface area contributed by atoms with Crippen molar-refractivity contribution < 1.29 is 14.5 Å². The molecule has 1 atom stereocenters. The van der Waals surface area contributed by atoms with E-state index in [-0.39, 0.29) is 5.69 Å². The van der Waals surface area contributed by atoms with Gasteiger partial charge in [0.2, 0.25) is 5.95 Å². The van der Waals surface area contributed by atoms with Gasteiger partial charge in [-0.1, -0.05) is 12.1 Å². The van der Waals surface area contributed by atoms with Crippen LogP contribution in [0.25, 0.3) is 11.4 Å². The van der Waals surface area contributed by atoms with E-state index < -0.39 is 16.9 Å². The Morgan fingerprint density at radius 1 is 1.17 bits per heavy atom. The van der Waals surface area contributed by atoms with E-state index in [9.17, 15) is 14.9 Å². The maximum Gasteiger partial charge on any atom is 0.269 e. The third-order valence-electron chi connectivity index (χ3n) is 5.76. The second-order valence-corrected chi connectivity index (χ2v) is 8.05. The van der Waals surface area contributed by atoms with Gasteiger partial charge in [0.1, 0.15) is 11.8 Å². The van der Waals surface area contributed by atoms with Crippen LogP contribution in [0.1, 0.15) is 18.5 Å². The van der Waals surface area contributed by atoms with Crippen molar-refractivity contribution in [1.82, 2.24) is 19.7 Å². The number of carbonyl (C=O) groups is 1. The number of ether oxygens (including phenoxy) is 1. The van der Waals surface area contributed by atoms with E-state index in [1.807, 2.05) is 12.1 Å². The van der Waals surface area contributed by atoms with Crippen LogP contribution in [0.5, 0.6) is 5.75 Å². The van der Waals surface area contributed by atoms with Gasteiger partial charge >= 0.3 is 0 Å². The highest BCUT2D eigenvalue weighted by atomic mass is 16.6. The first-order valence-corrected chi connectivity index (χ1v) is 11.0. The molecule has 11 nitrogen and oxygen atoms in total. The van der Waals surface area contributed by atoms with Gasteiger partial charge in [-0.15, -0.1) is 5.10 Å². The van der Waals surface area contributed by atoms with Crippen LogP contribution in [-0.4, -0.2) is 37.7 Å². The second kappa shape index (κ2) is 9.29. The number of nitro groups is 1. The normalized spacial score (nSPS) is 14.6. The Labute approximate surface area is 205 Å². The van der Waals surface area contributed by atoms with Gasteiger partial charge in [-0.2, -0.15) is 4.98 Å². The number of nitrogens with zero attached hydrogens (tertiary/aromatic N) is 5. The number of benzene rings is 2. The first-order valence-electron chi connectivity index (χ1n) is 11.0. The Morgan fingerprint density at radius 2 is 1.97 bits per heavy atom. The summed E-state index contributed by atoms with van der Waals surface area (Å²) in [5.41, 5.74) is 2.59. The molecule has 0 bridgehead atoms. The molecule has 5 rings (SSSR count). The SMILES string of the molecule is COc1ccc(-c2nc3n(n2)C(c2cccc([N+](=O)[O-])c2)C(C(=O)Nc2cccnc2)=C(C)N3)cc1. The molecule has 1 unspecified atom stereocenters. The number of fused-ring (bicyclic) bond motifs is 1. The zero-order valence-electron chi connectivity index (χ0n) is 19.4. The molecule has 0 spiro atoms. The third kappa shape index (κ3) is 4.25. The highest BCUT2D eigenvalue weighted by molar-refractivity contribution is 6.06. The van der Waals surface area contributed by atoms with Crippen molar-refractivity contribution in [2.24, 2.45) is 0 Å². The number of hydrogen-bond acceptors (Lipinski definition) is 8. The van der Waals surface area contributed by atoms with Crippen LogP contribution in [0.4, 0.5) is 17.3 Å². The standard InChI is InChI=1S/C25H21N7O4/c1-15-21(24(33)28-18-6-4-12-26-14-18)22(17-5-3-7-19(13-17)32(34)35)31-25(27-15)29-23(30-31)16-8-10-20(36-2)11-9-16/h3-14,22H,1-2H3,(H,28,33)(H,27,29,30). The quantitative estimate of drug-likeness (QED) is 0.308. The van der Waals surface area contributed by atoms with E-state index in [1.165, 1.54) is 18.3 Å². The lowest BCUT2D eigenvalue weighted by Gasteiger charge is -2.28. The Balaban J connectivity index is 1.61. The summed E-state index contributed by atoms with van der Waals surface area (Å²) in [6, 6.07) is 16.1. The summed E-state index contributed by atoms with van der Waals surface area (Å²) in [7, 11) is 1.59. The summed E-state index contributed by atoms with van der Waals surface area (Å²) in [4.78, 5) is 33.2. The number of carbonyl (C=O) groups excluding carboxylic acids is 1. The number of hydrogen-bond donors (Lipinski definition) is 2. The number of aromatic nitrogens is 4. The molecule has 180 valence electrons. The molecule has 4 aromatic rings. The molecular weight excluding hydrogens is 462 g/mol. The number of non-ortho nitro benzene ring substituents is 1. The van der Waals surface area contributed by atoms with Gasteiger partial charge in [0.05, 0.1) is 29.5 Å². The predicted octanol–water partition coefficient (Wildman–Crippen LogP) is 4.18. The second-order valence-electron chi connectivity index (χ2n) is 8.05. The fraction of sp³-hybridized carbons (Fsp3) is 0.120. The largest absolute Gasteiger partial charge is 0.497 e. The molecule has 2 aromatic heterocycles. The van der Waals surface area contributed by atoms with E-state index in [1.54, 1.807) is 61.3 Å². The summed E-state index contributed by atoms with van der Waals surface area (Å²) in [5, 5.41) is 22.2. The average Bonchev–Trinajstić information content (AvgIpc) is 3.32. The molecule has 1 aliphatic rings. The number of nitro benzene ring substituents is 1. The zero-order valence-corrected chi connectivity index (χ0v) is 19.4. The molecule has 3 heterocycles. The number of pyridine rings is 1. The number of methoxy groups -OCH3 is 1. The minimum Gasteiger partial charge on any atom is -0.497 e. The van der Waals surface area contributed by atoms with Gasteiger partial charge in [0.25, 0.3) is 11.6 Å². The molecule has 0 aliphatic carbocycles. The van der Waals surface area contributed by atoms with Crippen LogP contribution in [0, 0.1) is 10.1 Å². The lowest BCUT2D eigenvalue weighted by atomic mass is 9.94. The smallest absolute Gasteiger partial charge is 0.269 e. The van der Waals surface area contributed by atoms with Crippen molar-refractivity contribution in [2.75, 3.05) is 17.7 Å². The van der Waals surface area contributed by atoms with E-state index in [2.05, 4.69) is 25.7 Å². The third-order valence-corrected chi connectivity index (χ3v) is 5.76. The maximum absolute atomic E-state index is 13.5. The highest BCUT2D eigenvalue weighted by Crippen LogP contribution is 2.37. The van der Waals surface area contributed by atoms with Crippen LogP contribution < -0.4 is 15.4 Å². The summed E-state index contributed by atoms with van der Waals surface area (Å²) in [6.45, 7) is 1.76. The Morgan fingerprint density at radius 3 is 2.67 bits per heavy atom. The van der Waals surface area contributed by atoms with Crippen LogP contribution in [0.3, 0.4) is 0 Å². The lowest BCUT2D eigenvalue weighted by Crippen LogP contribution is -2.31. The van der Waals surface area contributed by atoms with Crippen LogP contribution in [-0.2, 0) is 4.79 Å². The Kier molecular flexibility index (Phi) is 5.87. The van der Waals surface area contributed by atoms with Crippen molar-refractivity contribution in [3.8, 4) is 17.1 Å². The topological polar surface area (TPSA) is 137 Å². The minimum absolute atomic E-state index is 0.0900. The molecule has 36 heavy (non-hydrogen) atoms. The molecule has 0 saturated carbocycles. The highest BCUT2D eigenvalue weighted by Gasteiger charge is 2.35. The zero-order chi connectivity index (χ0) is 25.2. The van der Waals surface area contributed by atoms with Crippen molar-refractivity contribution in [3.05, 3.63) is 100 Å². The van der Waals surface area contributed by atoms with Gasteiger partial charge in [-0.05, 0) is 48.9 Å². The number of anilines is 2. The van der Waals surface area contributed by atoms with Crippen molar-refractivity contribution in [2.45, 2.75) is 13.0 Å². The fourth-order valence-electron chi connectivity index (χ4n) is 4.06. The van der Waals surface area contributed by atoms with Gasteiger partial charge in [-0.3, -0.25) is 19.9 Å². The number of rotatable bonds is 6. The van der Waals surface area contributed by atoms with Gasteiger partial charge in [0.15, 0.2) is 5.82 Å². The number of amides is 1. The molecule has 0 fully saturated rings. The van der Waals surface area contributed by atoms with Crippen molar-refractivity contribution in [1.29, 1.82) is 0 Å². The Bertz CT molecular complexity index is 1480. The molecule has 1 aliphatic heterocycles. The minimum atomic E-state index is -0.766. The van der Waals surface area contributed by atoms with Gasteiger partial charge in [0, 0.05) is 29.6 Å². The van der Waals surface area contributed by atoms with Crippen LogP contribution in [0.2, 0.25) is 0 Å². The average molecular weight is 483 g/mol. The van der Waals surface area contributed by atoms with Crippen molar-refractivity contribution in [3.63, 3.8) is 0 Å². The van der Waals surface area contributed by atoms with E-state index >= 15 is 0 Å². The first-order chi connectivity index (χ1) is 17.4. The molecule has 0 saturated heterocycles. The monoisotopic (exact) mass is 483 g/mol. The predicted molar refractivity (Wildman–Crippen MR) is 132 cm³/mol. The van der Waals surface area contributed by atoms with Gasteiger partial charge in [-0.25, -0.2) is 4.68 Å². The van der Waals surface area contributed by atoms with Crippen LogP contribution in [0.15, 0.2) is 84.3 Å². The summed E-state index contributed by atoms with van der Waals surface area (Å²) < 4.78 is 6.80. The summed E-state index contributed by atoms with van der Waals surface area (Å²) in [6.07, 6.45) is 3.14. The van der Waals surface area contributed by atoms with E-state index in [0.29, 0.717) is 40.0 Å². The Hall–Kier alpha value is -5.06. The fourth-order valence-corrected chi connectivity index (χ4v) is 4.06. The van der Waals surface area contributed by atoms with E-state index in [4.69, 9.17) is 4.74 Å². The molecule has 2 aromatic carbocycles. The van der Waals surface area contributed by atoms with Crippen LogP contribution >= 0.6 is 0 Å². The molecule has 1 amide bonds. The van der Waals surface area contributed by atoms with Crippen molar-refractivity contribution >= 4 is 23.2 Å². The molecule has 2 N–H and O–H groups in total. The van der Waals surface area contributed by atoms with E-state index in [0.717, 1.165) is 5.56 Å². The maximum atomic E-state index is 13.5.